The fourth-order valence-corrected chi connectivity index (χ4v) is 3.10. The molecule has 0 heterocycles. The highest BCUT2D eigenvalue weighted by molar-refractivity contribution is 6.30. The molecule has 0 aliphatic carbocycles. The van der Waals surface area contributed by atoms with Crippen molar-refractivity contribution >= 4 is 28.9 Å². The Balaban J connectivity index is 1.64. The van der Waals surface area contributed by atoms with E-state index in [1.165, 1.54) is 0 Å². The van der Waals surface area contributed by atoms with Crippen molar-refractivity contribution in [3.05, 3.63) is 94.5 Å². The smallest absolute Gasteiger partial charge is 0.255 e. The van der Waals surface area contributed by atoms with Gasteiger partial charge in [-0.05, 0) is 47.5 Å². The average molecular weight is 404 g/mol. The topological polar surface area (TPSA) is 58.4 Å². The van der Waals surface area contributed by atoms with Crippen LogP contribution in [-0.2, 0) is 13.1 Å². The van der Waals surface area contributed by atoms with Gasteiger partial charge in [-0.25, -0.2) is 0 Å². The molecule has 0 unspecified atom stereocenters. The van der Waals surface area contributed by atoms with Crippen molar-refractivity contribution in [1.82, 2.24) is 4.90 Å². The number of benzene rings is 3. The molecule has 0 fully saturated rings. The van der Waals surface area contributed by atoms with E-state index in [1.807, 2.05) is 48.5 Å². The molecule has 1 amide bonds. The van der Waals surface area contributed by atoms with Crippen LogP contribution in [0.3, 0.4) is 0 Å². The highest BCUT2D eigenvalue weighted by atomic mass is 35.5. The van der Waals surface area contributed by atoms with Gasteiger partial charge in [-0.3, -0.25) is 9.69 Å². The van der Waals surface area contributed by atoms with E-state index in [0.29, 0.717) is 35.1 Å². The van der Waals surface area contributed by atoms with Gasteiger partial charge in [-0.15, -0.1) is 6.42 Å². The van der Waals surface area contributed by atoms with Gasteiger partial charge in [0.2, 0.25) is 0 Å². The summed E-state index contributed by atoms with van der Waals surface area (Å²) in [4.78, 5) is 14.6. The van der Waals surface area contributed by atoms with Gasteiger partial charge >= 0.3 is 0 Å². The van der Waals surface area contributed by atoms with Gasteiger partial charge in [0.25, 0.3) is 5.91 Å². The molecule has 0 atom stereocenters. The molecule has 0 aliphatic heterocycles. The van der Waals surface area contributed by atoms with Gasteiger partial charge in [0.1, 0.15) is 0 Å². The fraction of sp³-hybridized carbons (Fsp3) is 0.125. The maximum atomic E-state index is 12.5. The van der Waals surface area contributed by atoms with Gasteiger partial charge in [0.15, 0.2) is 0 Å². The summed E-state index contributed by atoms with van der Waals surface area (Å²) in [5, 5.41) is 3.54. The molecular weight excluding hydrogens is 382 g/mol. The number of nitrogen functional groups attached to an aromatic ring is 1. The van der Waals surface area contributed by atoms with Crippen LogP contribution in [-0.4, -0.2) is 17.4 Å². The fourth-order valence-electron chi connectivity index (χ4n) is 2.97. The Morgan fingerprint density at radius 3 is 2.14 bits per heavy atom. The summed E-state index contributed by atoms with van der Waals surface area (Å²) in [6, 6.07) is 22.4. The third-order valence-electron chi connectivity index (χ3n) is 4.47. The first-order valence-corrected chi connectivity index (χ1v) is 9.58. The second-order valence-corrected chi connectivity index (χ2v) is 7.15. The number of nitrogens with zero attached hydrogens (tertiary/aromatic N) is 1. The number of nitrogens with one attached hydrogen (secondary N) is 1. The number of anilines is 2. The minimum atomic E-state index is -0.198. The zero-order valence-electron chi connectivity index (χ0n) is 15.9. The van der Waals surface area contributed by atoms with E-state index < -0.39 is 0 Å². The zero-order chi connectivity index (χ0) is 20.6. The number of carbonyl (C=O) groups is 1. The monoisotopic (exact) mass is 403 g/mol. The van der Waals surface area contributed by atoms with E-state index >= 15 is 0 Å². The van der Waals surface area contributed by atoms with Gasteiger partial charge in [0, 0.05) is 23.7 Å². The van der Waals surface area contributed by atoms with Crippen LogP contribution in [0.2, 0.25) is 5.02 Å². The number of hydrogen-bond acceptors (Lipinski definition) is 3. The zero-order valence-corrected chi connectivity index (χ0v) is 16.7. The van der Waals surface area contributed by atoms with Crippen LogP contribution >= 0.6 is 11.6 Å². The normalized spacial score (nSPS) is 10.5. The molecule has 0 radical (unpaired) electrons. The summed E-state index contributed by atoms with van der Waals surface area (Å²) in [6.07, 6.45) is 5.53. The van der Waals surface area contributed by atoms with Crippen LogP contribution in [0.5, 0.6) is 0 Å². The van der Waals surface area contributed by atoms with Crippen molar-refractivity contribution in [1.29, 1.82) is 0 Å². The second-order valence-electron chi connectivity index (χ2n) is 6.71. The van der Waals surface area contributed by atoms with Crippen LogP contribution in [0.25, 0.3) is 0 Å². The van der Waals surface area contributed by atoms with Crippen molar-refractivity contribution in [3.8, 4) is 12.3 Å². The minimum Gasteiger partial charge on any atom is -0.397 e. The third kappa shape index (κ3) is 5.86. The quantitative estimate of drug-likeness (QED) is 0.439. The lowest BCUT2D eigenvalue weighted by molar-refractivity contribution is 0.102. The largest absolute Gasteiger partial charge is 0.397 e. The summed E-state index contributed by atoms with van der Waals surface area (Å²) >= 11 is 5.95. The molecular formula is C24H22ClN3O. The standard InChI is InChI=1S/C24H22ClN3O/c1-2-15-28(17-19-9-13-21(25)14-10-19)16-18-7-11-20(12-8-18)24(29)27-23-6-4-3-5-22(23)26/h1,3-14H,15-17,26H2,(H,27,29). The number of hydrogen-bond donors (Lipinski definition) is 2. The molecule has 3 N–H and O–H groups in total. The maximum absolute atomic E-state index is 12.5. The first-order chi connectivity index (χ1) is 14.0. The second kappa shape index (κ2) is 9.79. The molecule has 3 rings (SSSR count). The first kappa shape index (κ1) is 20.5. The summed E-state index contributed by atoms with van der Waals surface area (Å²) < 4.78 is 0. The van der Waals surface area contributed by atoms with E-state index in [-0.39, 0.29) is 5.91 Å². The van der Waals surface area contributed by atoms with Crippen molar-refractivity contribution in [2.24, 2.45) is 0 Å². The molecule has 146 valence electrons. The lowest BCUT2D eigenvalue weighted by Gasteiger charge is -2.20. The number of nitrogens with two attached hydrogens (primary N) is 1. The van der Waals surface area contributed by atoms with Crippen molar-refractivity contribution in [2.45, 2.75) is 13.1 Å². The van der Waals surface area contributed by atoms with Gasteiger partial charge in [-0.2, -0.15) is 0 Å². The number of terminal acetylenes is 1. The summed E-state index contributed by atoms with van der Waals surface area (Å²) in [5.74, 6) is 2.51. The highest BCUT2D eigenvalue weighted by Crippen LogP contribution is 2.18. The number of para-hydroxylation sites is 2. The van der Waals surface area contributed by atoms with E-state index in [2.05, 4.69) is 16.1 Å². The molecule has 3 aromatic rings. The number of halogens is 1. The molecule has 3 aromatic carbocycles. The van der Waals surface area contributed by atoms with Gasteiger partial charge in [0.05, 0.1) is 17.9 Å². The van der Waals surface area contributed by atoms with Crippen molar-refractivity contribution in [2.75, 3.05) is 17.6 Å². The average Bonchev–Trinajstić information content (AvgIpc) is 2.72. The summed E-state index contributed by atoms with van der Waals surface area (Å²) in [5.41, 5.74) is 9.80. The van der Waals surface area contributed by atoms with Crippen molar-refractivity contribution in [3.63, 3.8) is 0 Å². The molecule has 5 heteroatoms. The Kier molecular flexibility index (Phi) is 6.91. The van der Waals surface area contributed by atoms with Crippen LogP contribution in [0.4, 0.5) is 11.4 Å². The van der Waals surface area contributed by atoms with Crippen LogP contribution in [0.15, 0.2) is 72.8 Å². The number of carbonyl (C=O) groups excluding carboxylic acids is 1. The van der Waals surface area contributed by atoms with Crippen LogP contribution in [0.1, 0.15) is 21.5 Å². The molecule has 0 bridgehead atoms. The van der Waals surface area contributed by atoms with Gasteiger partial charge in [-0.1, -0.05) is 53.9 Å². The molecule has 0 spiro atoms. The Hall–Kier alpha value is -3.26. The summed E-state index contributed by atoms with van der Waals surface area (Å²) in [7, 11) is 0. The third-order valence-corrected chi connectivity index (χ3v) is 4.72. The first-order valence-electron chi connectivity index (χ1n) is 9.20. The molecule has 0 saturated heterocycles. The van der Waals surface area contributed by atoms with Crippen LogP contribution in [0, 0.1) is 12.3 Å². The Morgan fingerprint density at radius 1 is 0.966 bits per heavy atom. The molecule has 0 saturated carbocycles. The van der Waals surface area contributed by atoms with E-state index in [4.69, 9.17) is 23.8 Å². The van der Waals surface area contributed by atoms with E-state index in [0.717, 1.165) is 17.7 Å². The molecule has 0 aromatic heterocycles. The number of amides is 1. The highest BCUT2D eigenvalue weighted by Gasteiger charge is 2.10. The van der Waals surface area contributed by atoms with Crippen LogP contribution < -0.4 is 11.1 Å². The van der Waals surface area contributed by atoms with Crippen molar-refractivity contribution < 1.29 is 4.79 Å². The molecule has 0 aliphatic rings. The Bertz CT molecular complexity index is 1010. The Labute approximate surface area is 176 Å². The molecule has 29 heavy (non-hydrogen) atoms. The lowest BCUT2D eigenvalue weighted by atomic mass is 10.1. The van der Waals surface area contributed by atoms with E-state index in [1.54, 1.807) is 24.3 Å². The summed E-state index contributed by atoms with van der Waals surface area (Å²) in [6.45, 7) is 1.93. The molecule has 4 nitrogen and oxygen atoms in total. The van der Waals surface area contributed by atoms with Gasteiger partial charge < -0.3 is 11.1 Å². The predicted molar refractivity (Wildman–Crippen MR) is 120 cm³/mol. The minimum absolute atomic E-state index is 0.198. The van der Waals surface area contributed by atoms with E-state index in [9.17, 15) is 4.79 Å². The lowest BCUT2D eigenvalue weighted by Crippen LogP contribution is -2.23. The number of rotatable bonds is 7. The Morgan fingerprint density at radius 2 is 1.55 bits per heavy atom. The SMILES string of the molecule is C#CCN(Cc1ccc(Cl)cc1)Cc1ccc(C(=O)Nc2ccccc2N)cc1. The maximum Gasteiger partial charge on any atom is 0.255 e. The predicted octanol–water partition coefficient (Wildman–Crippen LogP) is 4.81.